The van der Waals surface area contributed by atoms with Crippen molar-refractivity contribution in [2.45, 2.75) is 76.4 Å². The molecular weight excluding hydrogens is 300 g/mol. The van der Waals surface area contributed by atoms with Gasteiger partial charge in [0, 0.05) is 0 Å². The molecule has 7 heteroatoms. The maximum absolute atomic E-state index is 11.0. The van der Waals surface area contributed by atoms with Gasteiger partial charge in [0.05, 0.1) is 11.0 Å². The molecule has 0 aliphatic rings. The average Bonchev–Trinajstić information content (AvgIpc) is 2.33. The molecule has 2 N–H and O–H groups in total. The highest BCUT2D eigenvalue weighted by Gasteiger charge is 2.21. The molecular formula is C13H28O5S2. The van der Waals surface area contributed by atoms with Crippen LogP contribution >= 0.6 is 0 Å². The Hall–Kier alpha value is 0.0200. The molecule has 0 amide bonds. The molecule has 2 atom stereocenters. The van der Waals surface area contributed by atoms with Crippen LogP contribution in [0.2, 0.25) is 0 Å². The van der Waals surface area contributed by atoms with E-state index in [1.54, 1.807) is 0 Å². The standard InChI is InChI=1S/C13H28O5S2/c1-2-3-4-5-6-7-8-9-10-11-13(19(14)15)12-20(16,17)18/h13H,2-12H2,1H3,(H,14,15)(H,16,17,18). The van der Waals surface area contributed by atoms with Crippen molar-refractivity contribution < 1.29 is 21.7 Å². The summed E-state index contributed by atoms with van der Waals surface area (Å²) in [4.78, 5) is 0. The van der Waals surface area contributed by atoms with Crippen molar-refractivity contribution in [1.29, 1.82) is 0 Å². The van der Waals surface area contributed by atoms with Gasteiger partial charge in [0.1, 0.15) is 0 Å². The Labute approximate surface area is 125 Å². The number of rotatable bonds is 13. The first-order valence-corrected chi connectivity index (χ1v) is 10.2. The molecule has 5 nitrogen and oxygen atoms in total. The Bertz CT molecular complexity index is 354. The summed E-state index contributed by atoms with van der Waals surface area (Å²) in [5.41, 5.74) is 0. The van der Waals surface area contributed by atoms with Crippen LogP contribution in [0.4, 0.5) is 0 Å². The number of unbranched alkanes of at least 4 members (excludes halogenated alkanes) is 8. The van der Waals surface area contributed by atoms with Crippen molar-refractivity contribution in [3.05, 3.63) is 0 Å². The Morgan fingerprint density at radius 3 is 1.80 bits per heavy atom. The molecule has 0 heterocycles. The van der Waals surface area contributed by atoms with E-state index in [0.717, 1.165) is 25.7 Å². The summed E-state index contributed by atoms with van der Waals surface area (Å²) in [6.07, 6.45) is 10.6. The highest BCUT2D eigenvalue weighted by molar-refractivity contribution is 7.87. The van der Waals surface area contributed by atoms with Gasteiger partial charge in [0.2, 0.25) is 0 Å². The third-order valence-electron chi connectivity index (χ3n) is 3.31. The fourth-order valence-electron chi connectivity index (χ4n) is 2.16. The molecule has 2 unspecified atom stereocenters. The zero-order chi connectivity index (χ0) is 15.4. The molecule has 0 aromatic carbocycles. The predicted octanol–water partition coefficient (Wildman–Crippen LogP) is 3.39. The molecule has 0 saturated heterocycles. The van der Waals surface area contributed by atoms with Gasteiger partial charge in [-0.2, -0.15) is 8.42 Å². The van der Waals surface area contributed by atoms with Crippen LogP contribution in [-0.4, -0.2) is 32.7 Å². The van der Waals surface area contributed by atoms with Crippen LogP contribution in [0.5, 0.6) is 0 Å². The fraction of sp³-hybridized carbons (Fsp3) is 1.00. The smallest absolute Gasteiger partial charge is 0.266 e. The summed E-state index contributed by atoms with van der Waals surface area (Å²) < 4.78 is 50.1. The zero-order valence-corrected chi connectivity index (χ0v) is 13.9. The van der Waals surface area contributed by atoms with Gasteiger partial charge in [0.15, 0.2) is 11.1 Å². The lowest BCUT2D eigenvalue weighted by Crippen LogP contribution is -2.25. The van der Waals surface area contributed by atoms with Gasteiger partial charge in [-0.25, -0.2) is 4.21 Å². The molecule has 0 saturated carbocycles. The van der Waals surface area contributed by atoms with E-state index in [1.807, 2.05) is 0 Å². The summed E-state index contributed by atoms with van der Waals surface area (Å²) in [5, 5.41) is -0.880. The van der Waals surface area contributed by atoms with Crippen molar-refractivity contribution in [3.63, 3.8) is 0 Å². The van der Waals surface area contributed by atoms with Crippen molar-refractivity contribution in [2.24, 2.45) is 0 Å². The normalized spacial score (nSPS) is 15.2. The van der Waals surface area contributed by atoms with E-state index in [9.17, 15) is 12.6 Å². The number of hydrogen-bond acceptors (Lipinski definition) is 3. The second-order valence-electron chi connectivity index (χ2n) is 5.26. The largest absolute Gasteiger partial charge is 0.306 e. The Morgan fingerprint density at radius 1 is 0.950 bits per heavy atom. The zero-order valence-electron chi connectivity index (χ0n) is 12.3. The quantitative estimate of drug-likeness (QED) is 0.307. The number of hydrogen-bond donors (Lipinski definition) is 2. The van der Waals surface area contributed by atoms with Crippen LogP contribution in [0, 0.1) is 0 Å². The van der Waals surface area contributed by atoms with Gasteiger partial charge in [-0.1, -0.05) is 64.7 Å². The van der Waals surface area contributed by atoms with Crippen LogP contribution in [0.15, 0.2) is 0 Å². The van der Waals surface area contributed by atoms with E-state index in [0.29, 0.717) is 6.42 Å². The maximum atomic E-state index is 11.0. The van der Waals surface area contributed by atoms with Crippen LogP contribution in [0.25, 0.3) is 0 Å². The first-order chi connectivity index (χ1) is 9.37. The van der Waals surface area contributed by atoms with Gasteiger partial charge in [-0.3, -0.25) is 4.55 Å². The summed E-state index contributed by atoms with van der Waals surface area (Å²) in [6.45, 7) is 2.19. The molecule has 0 bridgehead atoms. The van der Waals surface area contributed by atoms with Gasteiger partial charge >= 0.3 is 0 Å². The SMILES string of the molecule is CCCCCCCCCCCC(CS(=O)(=O)O)S(=O)O. The Balaban J connectivity index is 3.62. The highest BCUT2D eigenvalue weighted by atomic mass is 32.2. The molecule has 0 aromatic rings. The first-order valence-electron chi connectivity index (χ1n) is 7.41. The summed E-state index contributed by atoms with van der Waals surface area (Å²) >= 11 is -2.20. The Kier molecular flexibility index (Phi) is 11.7. The minimum absolute atomic E-state index is 0.360. The highest BCUT2D eigenvalue weighted by Crippen LogP contribution is 2.13. The second kappa shape index (κ2) is 11.7. The van der Waals surface area contributed by atoms with Crippen molar-refractivity contribution in [2.75, 3.05) is 5.75 Å². The van der Waals surface area contributed by atoms with E-state index in [4.69, 9.17) is 9.11 Å². The maximum Gasteiger partial charge on any atom is 0.266 e. The molecule has 20 heavy (non-hydrogen) atoms. The minimum Gasteiger partial charge on any atom is -0.306 e. The van der Waals surface area contributed by atoms with E-state index in [2.05, 4.69) is 6.92 Å². The van der Waals surface area contributed by atoms with Crippen LogP contribution in [-0.2, 0) is 21.2 Å². The second-order valence-corrected chi connectivity index (χ2v) is 7.98. The molecule has 0 radical (unpaired) electrons. The third-order valence-corrected chi connectivity index (χ3v) is 5.32. The van der Waals surface area contributed by atoms with Crippen LogP contribution in [0.1, 0.15) is 71.1 Å². The van der Waals surface area contributed by atoms with E-state index < -0.39 is 32.2 Å². The average molecular weight is 328 g/mol. The monoisotopic (exact) mass is 328 g/mol. The lowest BCUT2D eigenvalue weighted by molar-refractivity contribution is 0.473. The first kappa shape index (κ1) is 20.0. The minimum atomic E-state index is -4.18. The third kappa shape index (κ3) is 13.0. The van der Waals surface area contributed by atoms with E-state index in [1.165, 1.54) is 32.1 Å². The lowest BCUT2D eigenvalue weighted by atomic mass is 10.1. The van der Waals surface area contributed by atoms with Gasteiger partial charge in [-0.05, 0) is 6.42 Å². The topological polar surface area (TPSA) is 91.7 Å². The van der Waals surface area contributed by atoms with Gasteiger partial charge < -0.3 is 4.55 Å². The lowest BCUT2D eigenvalue weighted by Gasteiger charge is -2.10. The molecule has 0 aliphatic carbocycles. The van der Waals surface area contributed by atoms with Crippen LogP contribution < -0.4 is 0 Å². The molecule has 0 aliphatic heterocycles. The van der Waals surface area contributed by atoms with Crippen molar-refractivity contribution in [3.8, 4) is 0 Å². The van der Waals surface area contributed by atoms with Crippen molar-refractivity contribution >= 4 is 21.2 Å². The van der Waals surface area contributed by atoms with E-state index >= 15 is 0 Å². The molecule has 0 fully saturated rings. The molecule has 122 valence electrons. The molecule has 0 rings (SSSR count). The fourth-order valence-corrected chi connectivity index (χ4v) is 4.15. The van der Waals surface area contributed by atoms with E-state index in [-0.39, 0.29) is 0 Å². The summed E-state index contributed by atoms with van der Waals surface area (Å²) in [6, 6.07) is 0. The molecule has 0 spiro atoms. The predicted molar refractivity (Wildman–Crippen MR) is 82.8 cm³/mol. The van der Waals surface area contributed by atoms with Crippen LogP contribution in [0.3, 0.4) is 0 Å². The van der Waals surface area contributed by atoms with Crippen molar-refractivity contribution in [1.82, 2.24) is 0 Å². The van der Waals surface area contributed by atoms with Gasteiger partial charge in [0.25, 0.3) is 10.1 Å². The summed E-state index contributed by atoms with van der Waals surface area (Å²) in [5.74, 6) is -0.632. The Morgan fingerprint density at radius 2 is 1.40 bits per heavy atom. The van der Waals surface area contributed by atoms with Gasteiger partial charge in [-0.15, -0.1) is 0 Å². The summed E-state index contributed by atoms with van der Waals surface area (Å²) in [7, 11) is -4.18. The molecule has 0 aromatic heterocycles.